The van der Waals surface area contributed by atoms with Crippen molar-refractivity contribution in [2.45, 2.75) is 20.8 Å². The summed E-state index contributed by atoms with van der Waals surface area (Å²) < 4.78 is 2.10. The highest BCUT2D eigenvalue weighted by Gasteiger charge is 2.32. The minimum Gasteiger partial charge on any atom is -0.318 e. The first-order valence-corrected chi connectivity index (χ1v) is 9.51. The highest BCUT2D eigenvalue weighted by molar-refractivity contribution is 8.25. The number of aryl methyl sites for hydroxylation is 1. The average Bonchev–Trinajstić information content (AvgIpc) is 3.19. The molecule has 0 saturated carbocycles. The molecule has 27 heavy (non-hydrogen) atoms. The first kappa shape index (κ1) is 17.8. The van der Waals surface area contributed by atoms with Gasteiger partial charge in [0, 0.05) is 22.1 Å². The van der Waals surface area contributed by atoms with E-state index in [2.05, 4.69) is 14.7 Å². The molecule has 0 saturated heterocycles. The fourth-order valence-electron chi connectivity index (χ4n) is 3.24. The van der Waals surface area contributed by atoms with E-state index in [1.165, 1.54) is 16.8 Å². The lowest BCUT2D eigenvalue weighted by molar-refractivity contribution is -0.114. The van der Waals surface area contributed by atoms with Gasteiger partial charge in [0.2, 0.25) is 0 Å². The van der Waals surface area contributed by atoms with Crippen molar-refractivity contribution < 1.29 is 4.79 Å². The third-order valence-electron chi connectivity index (χ3n) is 4.65. The standard InChI is InChI=1S/C19H16ClN5OS/c1-10-7-13(12(3)24(10)16-6-4-5-15(20)11(16)2)8-14-17(21)25-19(23-18(14)26)27-9-22-25/h4-9,21H,1-3H3/b14-8+,21-17?. The van der Waals surface area contributed by atoms with Crippen molar-refractivity contribution in [1.29, 1.82) is 5.41 Å². The van der Waals surface area contributed by atoms with Gasteiger partial charge < -0.3 is 4.57 Å². The summed E-state index contributed by atoms with van der Waals surface area (Å²) in [6.07, 6.45) is 1.71. The Bertz CT molecular complexity index is 1100. The molecule has 2 aliphatic rings. The van der Waals surface area contributed by atoms with E-state index >= 15 is 0 Å². The number of thioether (sulfide) groups is 1. The lowest BCUT2D eigenvalue weighted by Gasteiger charge is -2.20. The van der Waals surface area contributed by atoms with Crippen LogP contribution in [0.15, 0.2) is 39.9 Å². The first-order valence-electron chi connectivity index (χ1n) is 8.26. The second-order valence-corrected chi connectivity index (χ2v) is 7.52. The molecule has 0 atom stereocenters. The maximum atomic E-state index is 12.4. The van der Waals surface area contributed by atoms with E-state index in [4.69, 9.17) is 17.0 Å². The van der Waals surface area contributed by atoms with Gasteiger partial charge in [0.1, 0.15) is 0 Å². The van der Waals surface area contributed by atoms with Gasteiger partial charge in [0.25, 0.3) is 5.91 Å². The molecule has 4 rings (SSSR count). The van der Waals surface area contributed by atoms with Crippen LogP contribution in [0.2, 0.25) is 5.02 Å². The Hall–Kier alpha value is -2.64. The number of nitrogens with one attached hydrogen (secondary N) is 1. The second kappa shape index (κ2) is 6.51. The minimum absolute atomic E-state index is 0.0370. The smallest absolute Gasteiger partial charge is 0.283 e. The van der Waals surface area contributed by atoms with Crippen LogP contribution in [-0.4, -0.2) is 32.0 Å². The molecule has 136 valence electrons. The molecular formula is C19H16ClN5OS. The van der Waals surface area contributed by atoms with Gasteiger partial charge in [-0.25, -0.2) is 0 Å². The molecule has 1 aromatic carbocycles. The third kappa shape index (κ3) is 2.83. The molecule has 3 heterocycles. The van der Waals surface area contributed by atoms with Crippen molar-refractivity contribution in [3.63, 3.8) is 0 Å². The molecule has 1 N–H and O–H groups in total. The number of amides is 1. The van der Waals surface area contributed by atoms with E-state index in [-0.39, 0.29) is 11.4 Å². The number of rotatable bonds is 2. The molecule has 0 unspecified atom stereocenters. The van der Waals surface area contributed by atoms with Crippen LogP contribution in [0.5, 0.6) is 0 Å². The number of aromatic nitrogens is 1. The number of fused-ring (bicyclic) bond motifs is 1. The van der Waals surface area contributed by atoms with Crippen LogP contribution in [0, 0.1) is 26.2 Å². The number of hydrogen-bond donors (Lipinski definition) is 1. The van der Waals surface area contributed by atoms with Crippen molar-refractivity contribution in [3.8, 4) is 5.69 Å². The zero-order chi connectivity index (χ0) is 19.3. The fourth-order valence-corrected chi connectivity index (χ4v) is 4.01. The van der Waals surface area contributed by atoms with Gasteiger partial charge in [-0.15, -0.1) is 0 Å². The zero-order valence-corrected chi connectivity index (χ0v) is 16.5. The van der Waals surface area contributed by atoms with Gasteiger partial charge in [-0.3, -0.25) is 10.2 Å². The van der Waals surface area contributed by atoms with E-state index in [1.807, 2.05) is 45.0 Å². The SMILES string of the molecule is Cc1c(Cl)cccc1-n1c(C)cc(/C=C2\C(=N)N3N=CSC3=NC2=O)c1C. The summed E-state index contributed by atoms with van der Waals surface area (Å²) in [5.74, 6) is -0.386. The molecule has 1 aromatic heterocycles. The van der Waals surface area contributed by atoms with Crippen LogP contribution in [0.25, 0.3) is 11.8 Å². The Morgan fingerprint density at radius 2 is 2.04 bits per heavy atom. The van der Waals surface area contributed by atoms with Gasteiger partial charge in [0.05, 0.1) is 11.1 Å². The third-order valence-corrected chi connectivity index (χ3v) is 5.73. The van der Waals surface area contributed by atoms with Crippen LogP contribution < -0.4 is 0 Å². The van der Waals surface area contributed by atoms with Gasteiger partial charge in [-0.05, 0) is 67.9 Å². The van der Waals surface area contributed by atoms with E-state index in [9.17, 15) is 4.79 Å². The number of aliphatic imine (C=N–C) groups is 1. The van der Waals surface area contributed by atoms with Crippen LogP contribution in [-0.2, 0) is 4.79 Å². The Morgan fingerprint density at radius 3 is 2.81 bits per heavy atom. The molecule has 8 heteroatoms. The maximum absolute atomic E-state index is 12.4. The van der Waals surface area contributed by atoms with Crippen molar-refractivity contribution in [1.82, 2.24) is 9.58 Å². The monoisotopic (exact) mass is 397 g/mol. The predicted octanol–water partition coefficient (Wildman–Crippen LogP) is 4.30. The molecule has 2 aliphatic heterocycles. The van der Waals surface area contributed by atoms with Crippen LogP contribution in [0.4, 0.5) is 0 Å². The normalized spacial score (nSPS) is 17.7. The van der Waals surface area contributed by atoms with Gasteiger partial charge >= 0.3 is 0 Å². The van der Waals surface area contributed by atoms with E-state index < -0.39 is 5.91 Å². The summed E-state index contributed by atoms with van der Waals surface area (Å²) in [4.78, 5) is 16.4. The molecule has 0 aliphatic carbocycles. The summed E-state index contributed by atoms with van der Waals surface area (Å²) in [5, 5.41) is 14.9. The first-order chi connectivity index (χ1) is 12.9. The summed E-state index contributed by atoms with van der Waals surface area (Å²) in [7, 11) is 0. The Kier molecular flexibility index (Phi) is 4.28. The summed E-state index contributed by atoms with van der Waals surface area (Å²) in [6, 6.07) is 7.79. The number of hydrazone groups is 1. The number of carbonyl (C=O) groups excluding carboxylic acids is 1. The number of amidine groups is 2. The average molecular weight is 398 g/mol. The molecule has 6 nitrogen and oxygen atoms in total. The molecule has 1 amide bonds. The number of benzene rings is 1. The quantitative estimate of drug-likeness (QED) is 0.767. The Morgan fingerprint density at radius 1 is 1.26 bits per heavy atom. The van der Waals surface area contributed by atoms with Crippen LogP contribution in [0.1, 0.15) is 22.5 Å². The highest BCUT2D eigenvalue weighted by Crippen LogP contribution is 2.30. The minimum atomic E-state index is -0.423. The topological polar surface area (TPSA) is 73.8 Å². The van der Waals surface area contributed by atoms with Crippen molar-refractivity contribution in [2.75, 3.05) is 0 Å². The molecule has 0 bridgehead atoms. The van der Waals surface area contributed by atoms with Gasteiger partial charge in [-0.2, -0.15) is 15.1 Å². The zero-order valence-electron chi connectivity index (χ0n) is 14.9. The number of halogens is 1. The van der Waals surface area contributed by atoms with Crippen LogP contribution in [0.3, 0.4) is 0 Å². The van der Waals surface area contributed by atoms with Crippen molar-refractivity contribution in [2.24, 2.45) is 10.1 Å². The van der Waals surface area contributed by atoms with Gasteiger partial charge in [0.15, 0.2) is 11.0 Å². The second-order valence-electron chi connectivity index (χ2n) is 6.30. The van der Waals surface area contributed by atoms with E-state index in [1.54, 1.807) is 11.6 Å². The lowest BCUT2D eigenvalue weighted by Crippen LogP contribution is -2.35. The summed E-state index contributed by atoms with van der Waals surface area (Å²) in [5.41, 5.74) is 6.60. The van der Waals surface area contributed by atoms with Gasteiger partial charge in [-0.1, -0.05) is 17.7 Å². The molecule has 2 aromatic rings. The lowest BCUT2D eigenvalue weighted by atomic mass is 10.1. The van der Waals surface area contributed by atoms with E-state index in [0.29, 0.717) is 10.2 Å². The number of carbonyl (C=O) groups is 1. The maximum Gasteiger partial charge on any atom is 0.283 e. The largest absolute Gasteiger partial charge is 0.318 e. The Balaban J connectivity index is 1.82. The summed E-state index contributed by atoms with van der Waals surface area (Å²) >= 11 is 7.52. The summed E-state index contributed by atoms with van der Waals surface area (Å²) in [6.45, 7) is 5.96. The Labute approximate surface area is 165 Å². The number of nitrogens with zero attached hydrogens (tertiary/aromatic N) is 4. The fraction of sp³-hybridized carbons (Fsp3) is 0.158. The predicted molar refractivity (Wildman–Crippen MR) is 111 cm³/mol. The molecule has 0 radical (unpaired) electrons. The van der Waals surface area contributed by atoms with Crippen molar-refractivity contribution in [3.05, 3.63) is 57.4 Å². The number of hydrogen-bond acceptors (Lipinski definition) is 4. The van der Waals surface area contributed by atoms with Crippen LogP contribution >= 0.6 is 23.4 Å². The van der Waals surface area contributed by atoms with Crippen molar-refractivity contribution >= 4 is 51.9 Å². The van der Waals surface area contributed by atoms with E-state index in [0.717, 1.165) is 28.2 Å². The molecule has 0 fully saturated rings. The highest BCUT2D eigenvalue weighted by atomic mass is 35.5. The molecule has 0 spiro atoms. The molecular weight excluding hydrogens is 382 g/mol.